The Labute approximate surface area is 138 Å². The first kappa shape index (κ1) is 17.3. The topological polar surface area (TPSA) is 98.7 Å². The van der Waals surface area contributed by atoms with Crippen LogP contribution < -0.4 is 10.8 Å². The highest BCUT2D eigenvalue weighted by atomic mass is 32.2. The van der Waals surface area contributed by atoms with Crippen LogP contribution in [0, 0.1) is 0 Å². The molecule has 4 amide bonds. The van der Waals surface area contributed by atoms with Crippen LogP contribution in [-0.4, -0.2) is 52.0 Å². The lowest BCUT2D eigenvalue weighted by Gasteiger charge is -2.23. The maximum Gasteiger partial charge on any atom is 0.325 e. The summed E-state index contributed by atoms with van der Waals surface area (Å²) in [4.78, 5) is 37.4. The summed E-state index contributed by atoms with van der Waals surface area (Å²) in [5.74, 6) is -0.630. The minimum atomic E-state index is -1.01. The van der Waals surface area contributed by atoms with Crippen LogP contribution in [0.3, 0.4) is 0 Å². The van der Waals surface area contributed by atoms with Crippen LogP contribution in [0.4, 0.5) is 4.79 Å². The third kappa shape index (κ3) is 4.02. The molecule has 0 bridgehead atoms. The molecule has 0 aliphatic carbocycles. The van der Waals surface area contributed by atoms with Crippen molar-refractivity contribution in [2.75, 3.05) is 12.0 Å². The predicted molar refractivity (Wildman–Crippen MR) is 86.0 cm³/mol. The molecule has 124 valence electrons. The monoisotopic (exact) mass is 337 g/mol. The first-order chi connectivity index (χ1) is 11.1. The number of hydrogen-bond acceptors (Lipinski definition) is 5. The highest BCUT2D eigenvalue weighted by Gasteiger charge is 2.44. The lowest BCUT2D eigenvalue weighted by atomic mass is 10.1. The van der Waals surface area contributed by atoms with Crippen LogP contribution in [-0.2, 0) is 16.0 Å². The van der Waals surface area contributed by atoms with Gasteiger partial charge in [0.15, 0.2) is 0 Å². The molecule has 1 heterocycles. The highest BCUT2D eigenvalue weighted by molar-refractivity contribution is 7.98. The van der Waals surface area contributed by atoms with Crippen molar-refractivity contribution >= 4 is 29.6 Å². The van der Waals surface area contributed by atoms with Crippen LogP contribution in [0.5, 0.6) is 0 Å². The average molecular weight is 337 g/mol. The Morgan fingerprint density at radius 3 is 2.70 bits per heavy atom. The van der Waals surface area contributed by atoms with Crippen molar-refractivity contribution in [3.05, 3.63) is 35.9 Å². The van der Waals surface area contributed by atoms with E-state index in [-0.39, 0.29) is 6.42 Å². The average Bonchev–Trinajstić information content (AvgIpc) is 2.83. The van der Waals surface area contributed by atoms with E-state index in [1.165, 1.54) is 17.2 Å². The van der Waals surface area contributed by atoms with Crippen LogP contribution >= 0.6 is 11.8 Å². The van der Waals surface area contributed by atoms with Gasteiger partial charge in [-0.05, 0) is 24.0 Å². The van der Waals surface area contributed by atoms with E-state index in [1.807, 2.05) is 36.6 Å². The Hall–Kier alpha value is -2.06. The quantitative estimate of drug-likeness (QED) is 0.388. The zero-order valence-corrected chi connectivity index (χ0v) is 13.5. The number of carbonyl (C=O) groups excluding carboxylic acids is 3. The first-order valence-corrected chi connectivity index (χ1v) is 8.58. The minimum absolute atomic E-state index is 0.283. The van der Waals surface area contributed by atoms with Gasteiger partial charge in [-0.15, -0.1) is 0 Å². The third-order valence-electron chi connectivity index (χ3n) is 3.65. The predicted octanol–water partition coefficient (Wildman–Crippen LogP) is 0.777. The van der Waals surface area contributed by atoms with Crippen LogP contribution in [0.15, 0.2) is 30.3 Å². The SMILES string of the molecule is CSCCC(C(=O)NO)N1C(=O)NC(Cc2ccccc2)C1=O. The second-order valence-corrected chi connectivity index (χ2v) is 6.16. The largest absolute Gasteiger partial charge is 0.325 e. The van der Waals surface area contributed by atoms with Crippen molar-refractivity contribution in [3.63, 3.8) is 0 Å². The van der Waals surface area contributed by atoms with E-state index >= 15 is 0 Å². The van der Waals surface area contributed by atoms with Crippen molar-refractivity contribution in [1.29, 1.82) is 0 Å². The van der Waals surface area contributed by atoms with Crippen molar-refractivity contribution < 1.29 is 19.6 Å². The van der Waals surface area contributed by atoms with Gasteiger partial charge in [0, 0.05) is 6.42 Å². The summed E-state index contributed by atoms with van der Waals surface area (Å²) in [6.07, 6.45) is 2.50. The molecule has 3 N–H and O–H groups in total. The molecule has 2 atom stereocenters. The lowest BCUT2D eigenvalue weighted by molar-refractivity contribution is -0.140. The number of imide groups is 1. The number of thioether (sulfide) groups is 1. The Morgan fingerprint density at radius 2 is 2.09 bits per heavy atom. The zero-order valence-electron chi connectivity index (χ0n) is 12.7. The number of nitrogens with zero attached hydrogens (tertiary/aromatic N) is 1. The number of carbonyl (C=O) groups is 3. The Morgan fingerprint density at radius 1 is 1.39 bits per heavy atom. The van der Waals surface area contributed by atoms with Crippen molar-refractivity contribution in [1.82, 2.24) is 15.7 Å². The van der Waals surface area contributed by atoms with Gasteiger partial charge in [-0.1, -0.05) is 30.3 Å². The third-order valence-corrected chi connectivity index (χ3v) is 4.30. The van der Waals surface area contributed by atoms with Gasteiger partial charge < -0.3 is 5.32 Å². The Kier molecular flexibility index (Phi) is 6.00. The molecule has 2 unspecified atom stereocenters. The van der Waals surface area contributed by atoms with Crippen LogP contribution in [0.2, 0.25) is 0 Å². The normalized spacial score (nSPS) is 18.7. The molecular formula is C15H19N3O4S. The summed E-state index contributed by atoms with van der Waals surface area (Å²) < 4.78 is 0. The lowest BCUT2D eigenvalue weighted by Crippen LogP contribution is -2.49. The summed E-state index contributed by atoms with van der Waals surface area (Å²) in [6.45, 7) is 0. The van der Waals surface area contributed by atoms with E-state index in [0.717, 1.165) is 10.5 Å². The maximum atomic E-state index is 12.5. The summed E-state index contributed by atoms with van der Waals surface area (Å²) in [7, 11) is 0. The van der Waals surface area contributed by atoms with Crippen molar-refractivity contribution in [2.24, 2.45) is 0 Å². The fourth-order valence-electron chi connectivity index (χ4n) is 2.51. The van der Waals surface area contributed by atoms with E-state index < -0.39 is 29.9 Å². The van der Waals surface area contributed by atoms with Crippen LogP contribution in [0.1, 0.15) is 12.0 Å². The fraction of sp³-hybridized carbons (Fsp3) is 0.400. The number of benzene rings is 1. The second-order valence-electron chi connectivity index (χ2n) is 5.17. The van der Waals surface area contributed by atoms with Gasteiger partial charge in [-0.2, -0.15) is 11.8 Å². The summed E-state index contributed by atoms with van der Waals surface area (Å²) in [5, 5.41) is 11.5. The van der Waals surface area contributed by atoms with Gasteiger partial charge in [-0.25, -0.2) is 15.2 Å². The molecule has 23 heavy (non-hydrogen) atoms. The summed E-state index contributed by atoms with van der Waals surface area (Å²) in [6, 6.07) is 7.00. The van der Waals surface area contributed by atoms with E-state index in [4.69, 9.17) is 5.21 Å². The van der Waals surface area contributed by atoms with Crippen LogP contribution in [0.25, 0.3) is 0 Å². The van der Waals surface area contributed by atoms with Gasteiger partial charge in [0.1, 0.15) is 12.1 Å². The van der Waals surface area contributed by atoms with Gasteiger partial charge >= 0.3 is 6.03 Å². The molecule has 0 radical (unpaired) electrons. The molecule has 0 aromatic heterocycles. The van der Waals surface area contributed by atoms with E-state index in [9.17, 15) is 14.4 Å². The van der Waals surface area contributed by atoms with E-state index in [0.29, 0.717) is 12.2 Å². The standard InChI is InChI=1S/C15H19N3O4S/c1-23-8-7-12(13(19)17-22)18-14(20)11(16-15(18)21)9-10-5-3-2-4-6-10/h2-6,11-12,22H,7-9H2,1H3,(H,16,21)(H,17,19). The zero-order chi connectivity index (χ0) is 16.8. The number of hydrogen-bond donors (Lipinski definition) is 3. The van der Waals surface area contributed by atoms with Gasteiger partial charge in [-0.3, -0.25) is 14.8 Å². The Bertz CT molecular complexity index is 581. The maximum absolute atomic E-state index is 12.5. The molecule has 1 fully saturated rings. The van der Waals surface area contributed by atoms with Gasteiger partial charge in [0.05, 0.1) is 0 Å². The molecule has 1 saturated heterocycles. The molecule has 0 saturated carbocycles. The van der Waals surface area contributed by atoms with Gasteiger partial charge in [0.25, 0.3) is 11.8 Å². The first-order valence-electron chi connectivity index (χ1n) is 7.19. The molecule has 1 aromatic rings. The number of hydroxylamine groups is 1. The number of nitrogens with one attached hydrogen (secondary N) is 2. The minimum Gasteiger partial charge on any atom is -0.325 e. The van der Waals surface area contributed by atoms with E-state index in [1.54, 1.807) is 0 Å². The highest BCUT2D eigenvalue weighted by Crippen LogP contribution is 2.18. The molecule has 7 nitrogen and oxygen atoms in total. The summed E-state index contributed by atoms with van der Waals surface area (Å²) in [5.41, 5.74) is 2.45. The molecule has 8 heteroatoms. The second kappa shape index (κ2) is 7.98. The fourth-order valence-corrected chi connectivity index (χ4v) is 2.97. The molecule has 1 aliphatic heterocycles. The molecule has 2 rings (SSSR count). The Balaban J connectivity index is 2.13. The number of rotatable bonds is 7. The number of urea groups is 1. The molecular weight excluding hydrogens is 318 g/mol. The van der Waals surface area contributed by atoms with Crippen molar-refractivity contribution in [2.45, 2.75) is 24.9 Å². The van der Waals surface area contributed by atoms with E-state index in [2.05, 4.69) is 5.32 Å². The smallest absolute Gasteiger partial charge is 0.325 e. The molecule has 1 aromatic carbocycles. The molecule has 1 aliphatic rings. The number of amides is 4. The summed E-state index contributed by atoms with van der Waals surface area (Å²) >= 11 is 1.49. The van der Waals surface area contributed by atoms with Gasteiger partial charge in [0.2, 0.25) is 0 Å². The molecule has 0 spiro atoms. The van der Waals surface area contributed by atoms with Crippen molar-refractivity contribution in [3.8, 4) is 0 Å².